The molecular weight excluding hydrogens is 437 g/mol. The van der Waals surface area contributed by atoms with Gasteiger partial charge in [-0.15, -0.1) is 10.2 Å². The van der Waals surface area contributed by atoms with Crippen molar-refractivity contribution in [1.82, 2.24) is 19.7 Å². The third kappa shape index (κ3) is 6.12. The molecule has 32 heavy (non-hydrogen) atoms. The van der Waals surface area contributed by atoms with E-state index in [0.29, 0.717) is 23.2 Å². The molecule has 4 rings (SSSR count). The number of aromatic nitrogens is 3. The summed E-state index contributed by atoms with van der Waals surface area (Å²) < 4.78 is 41.3. The second-order valence-corrected chi connectivity index (χ2v) is 8.77. The van der Waals surface area contributed by atoms with Crippen LogP contribution in [0.15, 0.2) is 65.8 Å². The molecule has 1 heterocycles. The van der Waals surface area contributed by atoms with Crippen molar-refractivity contribution >= 4 is 17.7 Å². The van der Waals surface area contributed by atoms with Gasteiger partial charge < -0.3 is 9.47 Å². The minimum atomic E-state index is -4.47. The fourth-order valence-electron chi connectivity index (χ4n) is 3.43. The highest BCUT2D eigenvalue weighted by molar-refractivity contribution is 7.99. The maximum absolute atomic E-state index is 13.1. The highest BCUT2D eigenvalue weighted by Gasteiger charge is 2.34. The minimum Gasteiger partial charge on any atom is -0.329 e. The molecule has 1 fully saturated rings. The number of thioether (sulfide) groups is 1. The van der Waals surface area contributed by atoms with Crippen molar-refractivity contribution in [2.75, 3.05) is 12.3 Å². The molecule has 2 aromatic carbocycles. The Morgan fingerprint density at radius 2 is 1.62 bits per heavy atom. The molecule has 1 aliphatic carbocycles. The fraction of sp³-hybridized carbons (Fsp3) is 0.348. The molecule has 1 aromatic heterocycles. The Labute approximate surface area is 188 Å². The van der Waals surface area contributed by atoms with Gasteiger partial charge in [-0.3, -0.25) is 4.79 Å². The Balaban J connectivity index is 1.48. The van der Waals surface area contributed by atoms with Gasteiger partial charge in [-0.05, 0) is 24.0 Å². The third-order valence-corrected chi connectivity index (χ3v) is 6.09. The van der Waals surface area contributed by atoms with Crippen molar-refractivity contribution in [2.24, 2.45) is 0 Å². The molecule has 5 nitrogen and oxygen atoms in total. The van der Waals surface area contributed by atoms with Gasteiger partial charge >= 0.3 is 6.18 Å². The van der Waals surface area contributed by atoms with Gasteiger partial charge in [0.15, 0.2) is 5.16 Å². The Morgan fingerprint density at radius 3 is 2.22 bits per heavy atom. The van der Waals surface area contributed by atoms with Crippen molar-refractivity contribution in [2.45, 2.75) is 43.2 Å². The second-order valence-electron chi connectivity index (χ2n) is 7.83. The number of halogens is 3. The summed E-state index contributed by atoms with van der Waals surface area (Å²) in [4.78, 5) is 13.6. The topological polar surface area (TPSA) is 51.0 Å². The van der Waals surface area contributed by atoms with Crippen LogP contribution >= 0.6 is 11.8 Å². The van der Waals surface area contributed by atoms with Crippen LogP contribution in [0.2, 0.25) is 0 Å². The second kappa shape index (κ2) is 9.77. The van der Waals surface area contributed by atoms with Crippen LogP contribution in [0.3, 0.4) is 0 Å². The number of carbonyl (C=O) groups is 1. The fourth-order valence-corrected chi connectivity index (χ4v) is 4.28. The number of alkyl halides is 3. The zero-order chi connectivity index (χ0) is 22.6. The molecule has 1 saturated carbocycles. The van der Waals surface area contributed by atoms with Gasteiger partial charge in [0.1, 0.15) is 12.4 Å². The summed E-state index contributed by atoms with van der Waals surface area (Å²) in [5, 5.41) is 9.11. The van der Waals surface area contributed by atoms with Crippen LogP contribution in [0.5, 0.6) is 0 Å². The number of amides is 1. The largest absolute Gasteiger partial charge is 0.406 e. The summed E-state index contributed by atoms with van der Waals surface area (Å²) in [7, 11) is 0. The molecule has 1 aliphatic rings. The lowest BCUT2D eigenvalue weighted by Gasteiger charge is -2.24. The number of carbonyl (C=O) groups excluding carboxylic acids is 1. The first-order chi connectivity index (χ1) is 15.4. The van der Waals surface area contributed by atoms with Crippen LogP contribution in [-0.4, -0.2) is 44.0 Å². The predicted octanol–water partition coefficient (Wildman–Crippen LogP) is 4.89. The highest BCUT2D eigenvalue weighted by atomic mass is 32.2. The minimum absolute atomic E-state index is 0.0935. The molecular formula is C23H23F3N4OS. The van der Waals surface area contributed by atoms with Crippen LogP contribution < -0.4 is 0 Å². The zero-order valence-electron chi connectivity index (χ0n) is 17.3. The van der Waals surface area contributed by atoms with Crippen molar-refractivity contribution in [3.63, 3.8) is 0 Å². The molecule has 0 bridgehead atoms. The van der Waals surface area contributed by atoms with E-state index in [1.54, 1.807) is 30.3 Å². The van der Waals surface area contributed by atoms with Crippen LogP contribution in [0.1, 0.15) is 35.7 Å². The summed E-state index contributed by atoms with van der Waals surface area (Å²) in [6.45, 7) is -0.818. The molecule has 9 heteroatoms. The van der Waals surface area contributed by atoms with E-state index in [1.807, 2.05) is 34.9 Å². The summed E-state index contributed by atoms with van der Waals surface area (Å²) in [6.07, 6.45) is -2.37. The first kappa shape index (κ1) is 22.4. The van der Waals surface area contributed by atoms with Crippen molar-refractivity contribution in [3.05, 3.63) is 77.6 Å². The average Bonchev–Trinajstić information content (AvgIpc) is 3.54. The molecule has 0 spiro atoms. The van der Waals surface area contributed by atoms with Crippen LogP contribution in [-0.2, 0) is 17.9 Å². The summed E-state index contributed by atoms with van der Waals surface area (Å²) in [6, 6.07) is 18.5. The van der Waals surface area contributed by atoms with Gasteiger partial charge in [-0.25, -0.2) is 0 Å². The Hall–Kier alpha value is -2.81. The average molecular weight is 461 g/mol. The number of benzene rings is 2. The van der Waals surface area contributed by atoms with Gasteiger partial charge in [-0.1, -0.05) is 72.4 Å². The maximum atomic E-state index is 13.1. The highest BCUT2D eigenvalue weighted by Crippen LogP contribution is 2.40. The van der Waals surface area contributed by atoms with Crippen LogP contribution in [0.4, 0.5) is 13.2 Å². The van der Waals surface area contributed by atoms with E-state index >= 15 is 0 Å². The molecule has 1 amide bonds. The van der Waals surface area contributed by atoms with Gasteiger partial charge in [-0.2, -0.15) is 13.2 Å². The van der Waals surface area contributed by atoms with E-state index in [9.17, 15) is 18.0 Å². The van der Waals surface area contributed by atoms with Gasteiger partial charge in [0.05, 0.1) is 12.3 Å². The molecule has 3 aromatic rings. The number of hydrogen-bond donors (Lipinski definition) is 0. The lowest BCUT2D eigenvalue weighted by Crippen LogP contribution is -2.39. The summed E-state index contributed by atoms with van der Waals surface area (Å²) in [5.41, 5.74) is 1.73. The molecule has 0 atom stereocenters. The predicted molar refractivity (Wildman–Crippen MR) is 116 cm³/mol. The number of nitrogens with zero attached hydrogens (tertiary/aromatic N) is 4. The third-order valence-electron chi connectivity index (χ3n) is 5.14. The monoisotopic (exact) mass is 460 g/mol. The van der Waals surface area contributed by atoms with E-state index in [2.05, 4.69) is 10.2 Å². The summed E-state index contributed by atoms with van der Waals surface area (Å²) >= 11 is 1.14. The molecule has 0 unspecified atom stereocenters. The molecule has 168 valence electrons. The lowest BCUT2D eigenvalue weighted by atomic mass is 10.2. The maximum Gasteiger partial charge on any atom is 0.406 e. The zero-order valence-corrected chi connectivity index (χ0v) is 18.1. The van der Waals surface area contributed by atoms with Crippen molar-refractivity contribution in [3.8, 4) is 0 Å². The first-order valence-electron chi connectivity index (χ1n) is 10.4. The van der Waals surface area contributed by atoms with E-state index in [0.717, 1.165) is 40.9 Å². The van der Waals surface area contributed by atoms with Crippen molar-refractivity contribution < 1.29 is 18.0 Å². The number of rotatable bonds is 9. The first-order valence-corrected chi connectivity index (χ1v) is 11.4. The molecule has 0 aliphatic heterocycles. The van der Waals surface area contributed by atoms with Crippen LogP contribution in [0, 0.1) is 0 Å². The SMILES string of the molecule is O=C(CSc1nnc(C2CC2)n1Cc1ccccc1)N(Cc1ccccc1)CC(F)(F)F. The summed E-state index contributed by atoms with van der Waals surface area (Å²) in [5.74, 6) is 0.509. The van der Waals surface area contributed by atoms with E-state index in [-0.39, 0.29) is 12.3 Å². The van der Waals surface area contributed by atoms with E-state index in [1.165, 1.54) is 0 Å². The van der Waals surface area contributed by atoms with E-state index < -0.39 is 18.6 Å². The quantitative estimate of drug-likeness (QED) is 0.427. The van der Waals surface area contributed by atoms with Crippen LogP contribution in [0.25, 0.3) is 0 Å². The smallest absolute Gasteiger partial charge is 0.329 e. The van der Waals surface area contributed by atoms with Gasteiger partial charge in [0, 0.05) is 12.5 Å². The number of hydrogen-bond acceptors (Lipinski definition) is 4. The van der Waals surface area contributed by atoms with E-state index in [4.69, 9.17) is 0 Å². The van der Waals surface area contributed by atoms with Gasteiger partial charge in [0.2, 0.25) is 5.91 Å². The molecule has 0 saturated heterocycles. The molecule has 0 N–H and O–H groups in total. The lowest BCUT2D eigenvalue weighted by molar-refractivity contribution is -0.160. The van der Waals surface area contributed by atoms with Crippen molar-refractivity contribution in [1.29, 1.82) is 0 Å². The van der Waals surface area contributed by atoms with Gasteiger partial charge in [0.25, 0.3) is 0 Å². The molecule has 0 radical (unpaired) electrons. The Bertz CT molecular complexity index is 1040. The standard InChI is InChI=1S/C23H23F3N4OS/c24-23(25,26)16-29(13-17-7-3-1-4-8-17)20(31)15-32-22-28-27-21(19-11-12-19)30(22)14-18-9-5-2-6-10-18/h1-10,19H,11-16H2. The normalized spacial score (nSPS) is 13.8. The Morgan fingerprint density at radius 1 is 1.00 bits per heavy atom. The Kier molecular flexibility index (Phi) is 6.83.